The van der Waals surface area contributed by atoms with E-state index in [1.165, 1.54) is 24.0 Å². The van der Waals surface area contributed by atoms with Gasteiger partial charge >= 0.3 is 0 Å². The highest BCUT2D eigenvalue weighted by molar-refractivity contribution is 8.02. The van der Waals surface area contributed by atoms with Gasteiger partial charge in [-0.2, -0.15) is 0 Å². The monoisotopic (exact) mass is 197 g/mol. The van der Waals surface area contributed by atoms with Gasteiger partial charge in [-0.1, -0.05) is 30.0 Å². The molecule has 1 aliphatic rings. The van der Waals surface area contributed by atoms with Gasteiger partial charge in [0.2, 0.25) is 0 Å². The highest BCUT2D eigenvalue weighted by atomic mass is 32.2. The summed E-state index contributed by atoms with van der Waals surface area (Å²) in [5.74, 6) is -0.289. The fourth-order valence-electron chi connectivity index (χ4n) is 1.20. The number of benzene rings is 1. The normalized spacial score (nSPS) is 21.1. The summed E-state index contributed by atoms with van der Waals surface area (Å²) in [6.45, 7) is 0. The van der Waals surface area contributed by atoms with Crippen molar-refractivity contribution in [1.82, 2.24) is 5.06 Å². The van der Waals surface area contributed by atoms with E-state index in [9.17, 15) is 9.60 Å². The lowest BCUT2D eigenvalue weighted by Crippen LogP contribution is -2.13. The van der Waals surface area contributed by atoms with Crippen LogP contribution in [-0.2, 0) is 0 Å². The lowest BCUT2D eigenvalue weighted by atomic mass is 10.2. The number of hydrogen-bond acceptors (Lipinski definition) is 3. The number of hydrogen-bond donors (Lipinski definition) is 1. The molecule has 13 heavy (non-hydrogen) atoms. The number of rotatable bonds is 1. The number of halogens is 1. The smallest absolute Gasteiger partial charge is 0.133 e. The van der Waals surface area contributed by atoms with Crippen molar-refractivity contribution in [3.63, 3.8) is 0 Å². The second-order valence-corrected chi connectivity index (χ2v) is 3.67. The maximum absolute atomic E-state index is 13.2. The minimum atomic E-state index is -0.346. The Morgan fingerprint density at radius 3 is 2.77 bits per heavy atom. The van der Waals surface area contributed by atoms with Gasteiger partial charge < -0.3 is 0 Å². The fraction of sp³-hybridized carbons (Fsp3) is 0.111. The average Bonchev–Trinajstić information content (AvgIpc) is 2.52. The van der Waals surface area contributed by atoms with Crippen molar-refractivity contribution in [2.24, 2.45) is 0 Å². The highest BCUT2D eigenvalue weighted by Crippen LogP contribution is 2.38. The van der Waals surface area contributed by atoms with E-state index < -0.39 is 0 Å². The van der Waals surface area contributed by atoms with Crippen molar-refractivity contribution in [3.05, 3.63) is 47.3 Å². The third kappa shape index (κ3) is 1.55. The SMILES string of the molecule is ON1C=CSC1c1ccccc1F. The summed E-state index contributed by atoms with van der Waals surface area (Å²) in [7, 11) is 0. The van der Waals surface area contributed by atoms with Gasteiger partial charge in [-0.15, -0.1) is 0 Å². The number of thioether (sulfide) groups is 1. The first kappa shape index (κ1) is 8.59. The predicted octanol–water partition coefficient (Wildman–Crippen LogP) is 2.73. The van der Waals surface area contributed by atoms with Crippen molar-refractivity contribution >= 4 is 11.8 Å². The van der Waals surface area contributed by atoms with E-state index >= 15 is 0 Å². The summed E-state index contributed by atoms with van der Waals surface area (Å²) in [6.07, 6.45) is 1.52. The summed E-state index contributed by atoms with van der Waals surface area (Å²) in [4.78, 5) is 0. The lowest BCUT2D eigenvalue weighted by molar-refractivity contribution is -0.0501. The first-order valence-electron chi connectivity index (χ1n) is 3.83. The predicted molar refractivity (Wildman–Crippen MR) is 49.5 cm³/mol. The zero-order valence-corrected chi connectivity index (χ0v) is 7.54. The molecule has 0 aromatic heterocycles. The summed E-state index contributed by atoms with van der Waals surface area (Å²) in [6, 6.07) is 6.45. The Morgan fingerprint density at radius 1 is 1.38 bits per heavy atom. The molecule has 2 nitrogen and oxygen atoms in total. The van der Waals surface area contributed by atoms with Crippen LogP contribution in [0.1, 0.15) is 10.9 Å². The third-order valence-corrected chi connectivity index (χ3v) is 2.84. The molecule has 1 atom stereocenters. The molecule has 68 valence electrons. The first-order chi connectivity index (χ1) is 6.29. The van der Waals surface area contributed by atoms with Crippen molar-refractivity contribution in [3.8, 4) is 0 Å². The van der Waals surface area contributed by atoms with Gasteiger partial charge in [-0.25, -0.2) is 9.45 Å². The molecule has 0 bridgehead atoms. The Morgan fingerprint density at radius 2 is 2.15 bits per heavy atom. The molecule has 1 aliphatic heterocycles. The maximum Gasteiger partial charge on any atom is 0.133 e. The van der Waals surface area contributed by atoms with Crippen molar-refractivity contribution in [2.45, 2.75) is 5.37 Å². The van der Waals surface area contributed by atoms with Crippen LogP contribution >= 0.6 is 11.8 Å². The Labute approximate surface area is 79.6 Å². The Kier molecular flexibility index (Phi) is 2.24. The molecular formula is C9H8FNOS. The van der Waals surface area contributed by atoms with Crippen LogP contribution < -0.4 is 0 Å². The summed E-state index contributed by atoms with van der Waals surface area (Å²) < 4.78 is 13.2. The summed E-state index contributed by atoms with van der Waals surface area (Å²) >= 11 is 1.37. The molecule has 0 aliphatic carbocycles. The zero-order chi connectivity index (χ0) is 9.26. The van der Waals surface area contributed by atoms with Gasteiger partial charge in [-0.3, -0.25) is 5.21 Å². The van der Waals surface area contributed by atoms with Crippen LogP contribution in [0, 0.1) is 5.82 Å². The molecule has 1 heterocycles. The molecule has 2 rings (SSSR count). The fourth-order valence-corrected chi connectivity index (χ4v) is 2.08. The van der Waals surface area contributed by atoms with Crippen LogP contribution in [0.4, 0.5) is 4.39 Å². The van der Waals surface area contributed by atoms with Gasteiger partial charge in [0.1, 0.15) is 11.2 Å². The average molecular weight is 197 g/mol. The Hall–Kier alpha value is -1.00. The Balaban J connectivity index is 2.31. The van der Waals surface area contributed by atoms with Gasteiger partial charge in [0.25, 0.3) is 0 Å². The van der Waals surface area contributed by atoms with Crippen molar-refractivity contribution in [1.29, 1.82) is 0 Å². The lowest BCUT2D eigenvalue weighted by Gasteiger charge is -2.18. The van der Waals surface area contributed by atoms with Crippen LogP contribution in [0.15, 0.2) is 35.9 Å². The van der Waals surface area contributed by atoms with E-state index in [0.717, 1.165) is 5.06 Å². The van der Waals surface area contributed by atoms with Crippen LogP contribution in [0.5, 0.6) is 0 Å². The quantitative estimate of drug-likeness (QED) is 0.748. The van der Waals surface area contributed by atoms with Crippen molar-refractivity contribution in [2.75, 3.05) is 0 Å². The van der Waals surface area contributed by atoms with E-state index in [0.29, 0.717) is 5.56 Å². The summed E-state index contributed by atoms with van der Waals surface area (Å²) in [5.41, 5.74) is 0.500. The third-order valence-electron chi connectivity index (χ3n) is 1.83. The first-order valence-corrected chi connectivity index (χ1v) is 4.77. The molecule has 0 fully saturated rings. The molecule has 0 amide bonds. The minimum absolute atomic E-state index is 0.289. The molecule has 0 spiro atoms. The molecule has 1 aromatic rings. The van der Waals surface area contributed by atoms with E-state index in [1.54, 1.807) is 23.6 Å². The molecular weight excluding hydrogens is 189 g/mol. The van der Waals surface area contributed by atoms with Gasteiger partial charge in [-0.05, 0) is 11.5 Å². The van der Waals surface area contributed by atoms with Crippen LogP contribution in [0.25, 0.3) is 0 Å². The van der Waals surface area contributed by atoms with E-state index in [2.05, 4.69) is 0 Å². The van der Waals surface area contributed by atoms with Crippen LogP contribution in [0.3, 0.4) is 0 Å². The molecule has 1 unspecified atom stereocenters. The van der Waals surface area contributed by atoms with E-state index in [1.807, 2.05) is 0 Å². The molecule has 1 aromatic carbocycles. The topological polar surface area (TPSA) is 23.5 Å². The minimum Gasteiger partial charge on any atom is -0.288 e. The zero-order valence-electron chi connectivity index (χ0n) is 6.72. The Bertz CT molecular complexity index is 342. The van der Waals surface area contributed by atoms with Crippen molar-refractivity contribution < 1.29 is 9.60 Å². The van der Waals surface area contributed by atoms with Gasteiger partial charge in [0.05, 0.1) is 0 Å². The standard InChI is InChI=1S/C9H8FNOS/c10-8-4-2-1-3-7(8)9-11(12)5-6-13-9/h1-6,9,12H. The van der Waals surface area contributed by atoms with Crippen LogP contribution in [-0.4, -0.2) is 10.3 Å². The molecule has 4 heteroatoms. The number of hydroxylamine groups is 2. The number of nitrogens with zero attached hydrogens (tertiary/aromatic N) is 1. The largest absolute Gasteiger partial charge is 0.288 e. The van der Waals surface area contributed by atoms with Crippen LogP contribution in [0.2, 0.25) is 0 Å². The molecule has 1 N–H and O–H groups in total. The molecule has 0 radical (unpaired) electrons. The molecule has 0 saturated carbocycles. The second-order valence-electron chi connectivity index (χ2n) is 2.68. The van der Waals surface area contributed by atoms with E-state index in [4.69, 9.17) is 0 Å². The highest BCUT2D eigenvalue weighted by Gasteiger charge is 2.22. The summed E-state index contributed by atoms with van der Waals surface area (Å²) in [5, 5.41) is 11.7. The van der Waals surface area contributed by atoms with Gasteiger partial charge in [0.15, 0.2) is 0 Å². The maximum atomic E-state index is 13.2. The molecule has 0 saturated heterocycles. The van der Waals surface area contributed by atoms with Gasteiger partial charge in [0, 0.05) is 11.8 Å². The van der Waals surface area contributed by atoms with E-state index in [-0.39, 0.29) is 11.2 Å². The second kappa shape index (κ2) is 3.40.